The molecule has 0 amide bonds. The number of para-hydroxylation sites is 1. The van der Waals surface area contributed by atoms with Crippen LogP contribution in [0.5, 0.6) is 5.75 Å². The van der Waals surface area contributed by atoms with Gasteiger partial charge in [0.2, 0.25) is 0 Å². The fourth-order valence-corrected chi connectivity index (χ4v) is 3.58. The van der Waals surface area contributed by atoms with Gasteiger partial charge in [-0.25, -0.2) is 0 Å². The van der Waals surface area contributed by atoms with E-state index >= 15 is 0 Å². The summed E-state index contributed by atoms with van der Waals surface area (Å²) in [4.78, 5) is 4.35. The zero-order valence-corrected chi connectivity index (χ0v) is 14.8. The maximum Gasteiger partial charge on any atom is 0.191 e. The third-order valence-electron chi connectivity index (χ3n) is 5.32. The highest BCUT2D eigenvalue weighted by Gasteiger charge is 2.36. The lowest BCUT2D eigenvalue weighted by molar-refractivity contribution is 0.0732. The molecule has 1 aromatic carbocycles. The molecule has 1 aliphatic carbocycles. The van der Waals surface area contributed by atoms with E-state index < -0.39 is 0 Å². The molecule has 1 fully saturated rings. The second-order valence-electron chi connectivity index (χ2n) is 6.95. The molecule has 0 bridgehead atoms. The first-order valence-corrected chi connectivity index (χ1v) is 8.93. The molecule has 0 aromatic heterocycles. The van der Waals surface area contributed by atoms with Crippen LogP contribution in [-0.2, 0) is 11.2 Å². The summed E-state index contributed by atoms with van der Waals surface area (Å²) in [5.74, 6) is 1.87. The van der Waals surface area contributed by atoms with Crippen LogP contribution >= 0.6 is 0 Å². The minimum Gasteiger partial charge on any atom is -0.488 e. The van der Waals surface area contributed by atoms with Gasteiger partial charge in [0.05, 0.1) is 6.54 Å². The highest BCUT2D eigenvalue weighted by molar-refractivity contribution is 5.79. The molecule has 5 nitrogen and oxygen atoms in total. The fourth-order valence-electron chi connectivity index (χ4n) is 3.58. The Balaban J connectivity index is 1.43. The van der Waals surface area contributed by atoms with Crippen LogP contribution in [0.15, 0.2) is 29.3 Å². The van der Waals surface area contributed by atoms with Gasteiger partial charge in [-0.05, 0) is 36.3 Å². The molecule has 1 atom stereocenters. The Morgan fingerprint density at radius 2 is 2.17 bits per heavy atom. The number of aliphatic imine (C=N–C) groups is 1. The molecule has 132 valence electrons. The van der Waals surface area contributed by atoms with E-state index in [0.717, 1.165) is 44.2 Å². The van der Waals surface area contributed by atoms with Gasteiger partial charge in [0.1, 0.15) is 11.9 Å². The van der Waals surface area contributed by atoms with Gasteiger partial charge in [-0.3, -0.25) is 4.99 Å². The number of fused-ring (bicyclic) bond motifs is 1. The number of guanidine groups is 1. The maximum absolute atomic E-state index is 5.97. The zero-order valence-electron chi connectivity index (χ0n) is 14.8. The number of nitrogens with zero attached hydrogens (tertiary/aromatic N) is 1. The average Bonchev–Trinajstić information content (AvgIpc) is 2.99. The smallest absolute Gasteiger partial charge is 0.191 e. The predicted molar refractivity (Wildman–Crippen MR) is 96.7 cm³/mol. The van der Waals surface area contributed by atoms with Crippen molar-refractivity contribution in [2.45, 2.75) is 38.2 Å². The molecule has 1 saturated carbocycles. The standard InChI is InChI=1S/C19H29N3O2/c1-20-18(22-14-19(8-5-9-19)10-11-23-2)21-13-16-12-15-6-3-4-7-17(15)24-16/h3-4,6-7,16H,5,8-14H2,1-2H3,(H2,20,21,22). The van der Waals surface area contributed by atoms with Gasteiger partial charge < -0.3 is 20.1 Å². The molecule has 0 radical (unpaired) electrons. The lowest BCUT2D eigenvalue weighted by atomic mass is 9.67. The number of nitrogens with one attached hydrogen (secondary N) is 2. The van der Waals surface area contributed by atoms with Crippen LogP contribution in [-0.4, -0.2) is 45.9 Å². The SMILES string of the molecule is CN=C(NCC1Cc2ccccc2O1)NCC1(CCOC)CCC1. The van der Waals surface area contributed by atoms with Crippen LogP contribution < -0.4 is 15.4 Å². The van der Waals surface area contributed by atoms with Crippen molar-refractivity contribution >= 4 is 5.96 Å². The molecule has 1 aromatic rings. The zero-order chi connectivity index (χ0) is 16.8. The lowest BCUT2D eigenvalue weighted by Gasteiger charge is -2.42. The van der Waals surface area contributed by atoms with Gasteiger partial charge >= 0.3 is 0 Å². The highest BCUT2D eigenvalue weighted by atomic mass is 16.5. The fraction of sp³-hybridized carbons (Fsp3) is 0.632. The van der Waals surface area contributed by atoms with Crippen molar-refractivity contribution in [3.8, 4) is 5.75 Å². The number of benzene rings is 1. The van der Waals surface area contributed by atoms with Crippen LogP contribution in [0.2, 0.25) is 0 Å². The second kappa shape index (κ2) is 7.88. The van der Waals surface area contributed by atoms with Crippen molar-refractivity contribution in [2.75, 3.05) is 33.9 Å². The van der Waals surface area contributed by atoms with E-state index in [0.29, 0.717) is 5.41 Å². The predicted octanol–water partition coefficient (Wildman–Crippen LogP) is 2.36. The van der Waals surface area contributed by atoms with Crippen molar-refractivity contribution in [1.29, 1.82) is 0 Å². The van der Waals surface area contributed by atoms with Crippen molar-refractivity contribution < 1.29 is 9.47 Å². The summed E-state index contributed by atoms with van der Waals surface area (Å²) in [5, 5.41) is 6.90. The number of methoxy groups -OCH3 is 1. The summed E-state index contributed by atoms with van der Waals surface area (Å²) in [5.41, 5.74) is 1.67. The van der Waals surface area contributed by atoms with Gasteiger partial charge in [-0.1, -0.05) is 24.6 Å². The second-order valence-corrected chi connectivity index (χ2v) is 6.95. The third-order valence-corrected chi connectivity index (χ3v) is 5.32. The normalized spacial score (nSPS) is 21.6. The van der Waals surface area contributed by atoms with E-state index in [2.05, 4.69) is 27.8 Å². The van der Waals surface area contributed by atoms with E-state index in [9.17, 15) is 0 Å². The number of hydrogen-bond donors (Lipinski definition) is 2. The van der Waals surface area contributed by atoms with Crippen molar-refractivity contribution in [3.63, 3.8) is 0 Å². The molecular formula is C19H29N3O2. The van der Waals surface area contributed by atoms with E-state index in [1.165, 1.54) is 24.8 Å². The van der Waals surface area contributed by atoms with E-state index in [-0.39, 0.29) is 6.10 Å². The number of ether oxygens (including phenoxy) is 2. The Morgan fingerprint density at radius 3 is 2.83 bits per heavy atom. The van der Waals surface area contributed by atoms with Crippen LogP contribution in [0.25, 0.3) is 0 Å². The Labute approximate surface area is 144 Å². The Hall–Kier alpha value is -1.75. The monoisotopic (exact) mass is 331 g/mol. The first-order valence-electron chi connectivity index (χ1n) is 8.93. The Bertz CT molecular complexity index is 544. The molecule has 0 saturated heterocycles. The maximum atomic E-state index is 5.97. The Morgan fingerprint density at radius 1 is 1.33 bits per heavy atom. The van der Waals surface area contributed by atoms with Crippen LogP contribution in [0.3, 0.4) is 0 Å². The van der Waals surface area contributed by atoms with Crippen LogP contribution in [0.4, 0.5) is 0 Å². The van der Waals surface area contributed by atoms with E-state index in [1.807, 2.05) is 19.2 Å². The van der Waals surface area contributed by atoms with Crippen molar-refractivity contribution in [3.05, 3.63) is 29.8 Å². The quantitative estimate of drug-likeness (QED) is 0.595. The number of rotatable bonds is 7. The first kappa shape index (κ1) is 17.1. The molecule has 1 aliphatic heterocycles. The first-order chi connectivity index (χ1) is 11.7. The van der Waals surface area contributed by atoms with Gasteiger partial charge in [-0.2, -0.15) is 0 Å². The van der Waals surface area contributed by atoms with E-state index in [1.54, 1.807) is 7.11 Å². The lowest BCUT2D eigenvalue weighted by Crippen LogP contribution is -2.48. The van der Waals surface area contributed by atoms with Gasteiger partial charge in [0.25, 0.3) is 0 Å². The molecule has 3 rings (SSSR count). The van der Waals surface area contributed by atoms with Crippen LogP contribution in [0.1, 0.15) is 31.2 Å². The molecule has 5 heteroatoms. The largest absolute Gasteiger partial charge is 0.488 e. The molecule has 0 spiro atoms. The minimum absolute atomic E-state index is 0.173. The summed E-state index contributed by atoms with van der Waals surface area (Å²) in [6.07, 6.45) is 6.13. The molecular weight excluding hydrogens is 302 g/mol. The molecule has 2 aliphatic rings. The molecule has 1 unspecified atom stereocenters. The number of hydrogen-bond acceptors (Lipinski definition) is 3. The van der Waals surface area contributed by atoms with Crippen molar-refractivity contribution in [2.24, 2.45) is 10.4 Å². The third kappa shape index (κ3) is 4.01. The Kier molecular flexibility index (Phi) is 5.61. The van der Waals surface area contributed by atoms with E-state index in [4.69, 9.17) is 9.47 Å². The van der Waals surface area contributed by atoms with Crippen LogP contribution in [0, 0.1) is 5.41 Å². The summed E-state index contributed by atoms with van der Waals surface area (Å²) in [6, 6.07) is 8.26. The summed E-state index contributed by atoms with van der Waals surface area (Å²) < 4.78 is 11.2. The summed E-state index contributed by atoms with van der Waals surface area (Å²) in [7, 11) is 3.60. The van der Waals surface area contributed by atoms with Crippen molar-refractivity contribution in [1.82, 2.24) is 10.6 Å². The topological polar surface area (TPSA) is 54.9 Å². The van der Waals surface area contributed by atoms with Gasteiger partial charge in [0.15, 0.2) is 5.96 Å². The molecule has 1 heterocycles. The average molecular weight is 331 g/mol. The highest BCUT2D eigenvalue weighted by Crippen LogP contribution is 2.43. The molecule has 2 N–H and O–H groups in total. The minimum atomic E-state index is 0.173. The van der Waals surface area contributed by atoms with Gasteiger partial charge in [-0.15, -0.1) is 0 Å². The summed E-state index contributed by atoms with van der Waals surface area (Å²) in [6.45, 7) is 2.56. The van der Waals surface area contributed by atoms with Gasteiger partial charge in [0, 0.05) is 33.7 Å². The summed E-state index contributed by atoms with van der Waals surface area (Å²) >= 11 is 0. The molecule has 24 heavy (non-hydrogen) atoms.